The predicted molar refractivity (Wildman–Crippen MR) is 103 cm³/mol. The van der Waals surface area contributed by atoms with Gasteiger partial charge in [0.25, 0.3) is 0 Å². The van der Waals surface area contributed by atoms with Crippen LogP contribution in [0.15, 0.2) is 65.1 Å². The topological polar surface area (TPSA) is 54.6 Å². The number of benzene rings is 2. The van der Waals surface area contributed by atoms with Crippen LogP contribution in [0.3, 0.4) is 0 Å². The first kappa shape index (κ1) is 18.5. The molecule has 0 aliphatic carbocycles. The van der Waals surface area contributed by atoms with Crippen LogP contribution in [0.2, 0.25) is 5.02 Å². The number of nitrogens with one attached hydrogen (secondary N) is 1. The molecule has 0 fully saturated rings. The molecule has 1 heterocycles. The Bertz CT molecular complexity index is 847. The maximum atomic E-state index is 10.4. The van der Waals surface area contributed by atoms with E-state index in [2.05, 4.69) is 5.32 Å². The quantitative estimate of drug-likeness (QED) is 0.625. The summed E-state index contributed by atoms with van der Waals surface area (Å²) in [6.45, 7) is 2.47. The molecule has 4 nitrogen and oxygen atoms in total. The van der Waals surface area contributed by atoms with E-state index >= 15 is 0 Å². The first-order valence-corrected chi connectivity index (χ1v) is 8.85. The Balaban J connectivity index is 1.62. The summed E-state index contributed by atoms with van der Waals surface area (Å²) >= 11 is 6.18. The van der Waals surface area contributed by atoms with Gasteiger partial charge in [-0.05, 0) is 42.8 Å². The molecular weight excluding hydrogens is 350 g/mol. The molecular formula is C21H22ClNO3. The lowest BCUT2D eigenvalue weighted by molar-refractivity contribution is 0.134. The number of aliphatic hydroxyl groups is 1. The third-order valence-electron chi connectivity index (χ3n) is 4.31. The Morgan fingerprint density at radius 1 is 1.12 bits per heavy atom. The van der Waals surface area contributed by atoms with Crippen LogP contribution in [0.5, 0.6) is 5.75 Å². The molecule has 0 saturated carbocycles. The van der Waals surface area contributed by atoms with Gasteiger partial charge in [0.1, 0.15) is 17.3 Å². The SMILES string of the molecule is COc1ccc(-c2ccc(CN[C@@H](C)[C@H](O)c3ccccc3)o2)cc1Cl. The molecule has 136 valence electrons. The molecule has 26 heavy (non-hydrogen) atoms. The maximum absolute atomic E-state index is 10.4. The molecule has 0 radical (unpaired) electrons. The fourth-order valence-electron chi connectivity index (χ4n) is 2.76. The Labute approximate surface area is 158 Å². The highest BCUT2D eigenvalue weighted by Crippen LogP contribution is 2.31. The maximum Gasteiger partial charge on any atom is 0.137 e. The van der Waals surface area contributed by atoms with Gasteiger partial charge in [-0.3, -0.25) is 0 Å². The molecule has 0 bridgehead atoms. The number of hydrogen-bond acceptors (Lipinski definition) is 4. The van der Waals surface area contributed by atoms with Gasteiger partial charge in [-0.25, -0.2) is 0 Å². The van der Waals surface area contributed by atoms with Crippen LogP contribution in [-0.2, 0) is 6.54 Å². The molecule has 2 aromatic carbocycles. The lowest BCUT2D eigenvalue weighted by Gasteiger charge is -2.20. The molecule has 0 aliphatic heterocycles. The average molecular weight is 372 g/mol. The third-order valence-corrected chi connectivity index (χ3v) is 4.61. The zero-order chi connectivity index (χ0) is 18.5. The van der Waals surface area contributed by atoms with E-state index in [1.165, 1.54) is 0 Å². The first-order chi connectivity index (χ1) is 12.6. The van der Waals surface area contributed by atoms with E-state index in [0.29, 0.717) is 17.3 Å². The van der Waals surface area contributed by atoms with Crippen molar-refractivity contribution in [2.45, 2.75) is 25.6 Å². The summed E-state index contributed by atoms with van der Waals surface area (Å²) in [5.74, 6) is 2.16. The average Bonchev–Trinajstić information content (AvgIpc) is 3.15. The van der Waals surface area contributed by atoms with Crippen LogP contribution >= 0.6 is 11.6 Å². The number of aliphatic hydroxyl groups excluding tert-OH is 1. The Morgan fingerprint density at radius 3 is 2.58 bits per heavy atom. The van der Waals surface area contributed by atoms with Gasteiger partial charge in [-0.1, -0.05) is 41.9 Å². The fourth-order valence-corrected chi connectivity index (χ4v) is 3.02. The van der Waals surface area contributed by atoms with Crippen molar-refractivity contribution < 1.29 is 14.3 Å². The van der Waals surface area contributed by atoms with Crippen molar-refractivity contribution in [3.63, 3.8) is 0 Å². The normalized spacial score (nSPS) is 13.4. The fraction of sp³-hybridized carbons (Fsp3) is 0.238. The van der Waals surface area contributed by atoms with Crippen molar-refractivity contribution in [2.24, 2.45) is 0 Å². The van der Waals surface area contributed by atoms with Crippen LogP contribution < -0.4 is 10.1 Å². The van der Waals surface area contributed by atoms with E-state index < -0.39 is 6.10 Å². The largest absolute Gasteiger partial charge is 0.495 e. The zero-order valence-corrected chi connectivity index (χ0v) is 15.5. The van der Waals surface area contributed by atoms with E-state index in [1.807, 2.05) is 67.6 Å². The van der Waals surface area contributed by atoms with Crippen LogP contribution in [0, 0.1) is 0 Å². The lowest BCUT2D eigenvalue weighted by Crippen LogP contribution is -2.31. The number of hydrogen-bond donors (Lipinski definition) is 2. The van der Waals surface area contributed by atoms with E-state index in [-0.39, 0.29) is 6.04 Å². The van der Waals surface area contributed by atoms with E-state index in [9.17, 15) is 5.11 Å². The molecule has 1 aromatic heterocycles. The minimum atomic E-state index is -0.578. The predicted octanol–water partition coefficient (Wildman–Crippen LogP) is 4.82. The van der Waals surface area contributed by atoms with Crippen LogP contribution in [0.4, 0.5) is 0 Å². The van der Waals surface area contributed by atoms with Gasteiger partial charge < -0.3 is 19.6 Å². The Kier molecular flexibility index (Phi) is 5.99. The van der Waals surface area contributed by atoms with E-state index in [1.54, 1.807) is 7.11 Å². The van der Waals surface area contributed by atoms with Crippen molar-refractivity contribution in [1.82, 2.24) is 5.32 Å². The molecule has 3 rings (SSSR count). The standard InChI is InChI=1S/C21H22ClNO3/c1-14(21(24)15-6-4-3-5-7-15)23-13-17-9-11-19(26-17)16-8-10-20(25-2)18(22)12-16/h3-12,14,21,23-24H,13H2,1-2H3/t14-,21-/m0/s1. The lowest BCUT2D eigenvalue weighted by atomic mass is 10.0. The van der Waals surface area contributed by atoms with Gasteiger partial charge in [0.2, 0.25) is 0 Å². The number of rotatable bonds is 7. The zero-order valence-electron chi connectivity index (χ0n) is 14.8. The molecule has 0 unspecified atom stereocenters. The Hall–Kier alpha value is -2.27. The first-order valence-electron chi connectivity index (χ1n) is 8.47. The molecule has 2 N–H and O–H groups in total. The second-order valence-electron chi connectivity index (χ2n) is 6.14. The van der Waals surface area contributed by atoms with Crippen molar-refractivity contribution in [3.8, 4) is 17.1 Å². The van der Waals surface area contributed by atoms with Crippen molar-refractivity contribution in [2.75, 3.05) is 7.11 Å². The van der Waals surface area contributed by atoms with Gasteiger partial charge in [0.05, 0.1) is 24.8 Å². The molecule has 0 spiro atoms. The van der Waals surface area contributed by atoms with Gasteiger partial charge >= 0.3 is 0 Å². The molecule has 0 amide bonds. The van der Waals surface area contributed by atoms with Gasteiger partial charge in [0.15, 0.2) is 0 Å². The summed E-state index contributed by atoms with van der Waals surface area (Å²) in [4.78, 5) is 0. The third kappa shape index (κ3) is 4.28. The smallest absolute Gasteiger partial charge is 0.137 e. The number of halogens is 1. The number of ether oxygens (including phenoxy) is 1. The van der Waals surface area contributed by atoms with E-state index in [0.717, 1.165) is 22.6 Å². The van der Waals surface area contributed by atoms with E-state index in [4.69, 9.17) is 20.8 Å². The molecule has 2 atom stereocenters. The second-order valence-corrected chi connectivity index (χ2v) is 6.55. The van der Waals surface area contributed by atoms with Crippen LogP contribution in [0.25, 0.3) is 11.3 Å². The highest BCUT2D eigenvalue weighted by atomic mass is 35.5. The summed E-state index contributed by atoms with van der Waals surface area (Å²) in [5.41, 5.74) is 1.78. The minimum Gasteiger partial charge on any atom is -0.495 e. The summed E-state index contributed by atoms with van der Waals surface area (Å²) in [7, 11) is 1.59. The summed E-state index contributed by atoms with van der Waals surface area (Å²) in [6, 6.07) is 18.9. The Morgan fingerprint density at radius 2 is 1.88 bits per heavy atom. The summed E-state index contributed by atoms with van der Waals surface area (Å²) < 4.78 is 11.1. The summed E-state index contributed by atoms with van der Waals surface area (Å²) in [5, 5.41) is 14.3. The van der Waals surface area contributed by atoms with Crippen molar-refractivity contribution >= 4 is 11.6 Å². The number of methoxy groups -OCH3 is 1. The van der Waals surface area contributed by atoms with Gasteiger partial charge in [0, 0.05) is 11.6 Å². The van der Waals surface area contributed by atoms with Crippen LogP contribution in [-0.4, -0.2) is 18.3 Å². The second kappa shape index (κ2) is 8.41. The monoisotopic (exact) mass is 371 g/mol. The molecule has 0 saturated heterocycles. The highest BCUT2D eigenvalue weighted by molar-refractivity contribution is 6.32. The highest BCUT2D eigenvalue weighted by Gasteiger charge is 2.16. The molecule has 5 heteroatoms. The molecule has 3 aromatic rings. The minimum absolute atomic E-state index is 0.110. The van der Waals surface area contributed by atoms with Crippen molar-refractivity contribution in [3.05, 3.63) is 77.0 Å². The van der Waals surface area contributed by atoms with Gasteiger partial charge in [-0.15, -0.1) is 0 Å². The summed E-state index contributed by atoms with van der Waals surface area (Å²) in [6.07, 6.45) is -0.578. The molecule has 0 aliphatic rings. The van der Waals surface area contributed by atoms with Crippen LogP contribution in [0.1, 0.15) is 24.4 Å². The van der Waals surface area contributed by atoms with Crippen molar-refractivity contribution in [1.29, 1.82) is 0 Å². The number of furan rings is 1. The van der Waals surface area contributed by atoms with Gasteiger partial charge in [-0.2, -0.15) is 0 Å².